The monoisotopic (exact) mass is 406 g/mol. The minimum atomic E-state index is 0.547. The van der Waals surface area contributed by atoms with Crippen LogP contribution in [0.15, 0.2) is 55.3 Å². The molecule has 0 fully saturated rings. The zero-order valence-corrected chi connectivity index (χ0v) is 13.8. The Morgan fingerprint density at radius 3 is 1.57 bits per heavy atom. The Morgan fingerprint density at radius 1 is 0.810 bits per heavy atom. The average Bonchev–Trinajstić information content (AvgIpc) is 2.45. The third kappa shape index (κ3) is 4.06. The van der Waals surface area contributed by atoms with E-state index in [-0.39, 0.29) is 0 Å². The SMILES string of the molecule is O=C=Nc1ccc(Cc2ccc(N=C=O)c(Br)c2)cc1Br. The number of carbonyl (C=O) groups excluding carboxylic acids is 2. The molecular weight excluding hydrogens is 400 g/mol. The molecule has 0 aliphatic rings. The summed E-state index contributed by atoms with van der Waals surface area (Å²) in [4.78, 5) is 27.7. The van der Waals surface area contributed by atoms with Gasteiger partial charge in [0.15, 0.2) is 0 Å². The lowest BCUT2D eigenvalue weighted by Gasteiger charge is -2.06. The first-order valence-electron chi connectivity index (χ1n) is 5.86. The fourth-order valence-electron chi connectivity index (χ4n) is 1.84. The van der Waals surface area contributed by atoms with Crippen molar-refractivity contribution in [3.8, 4) is 0 Å². The van der Waals surface area contributed by atoms with Crippen molar-refractivity contribution >= 4 is 55.4 Å². The van der Waals surface area contributed by atoms with Crippen molar-refractivity contribution in [2.75, 3.05) is 0 Å². The molecule has 0 aliphatic carbocycles. The van der Waals surface area contributed by atoms with Crippen LogP contribution in [0.4, 0.5) is 11.4 Å². The molecule has 0 atom stereocenters. The van der Waals surface area contributed by atoms with Crippen LogP contribution in [0.3, 0.4) is 0 Å². The Hall–Kier alpha value is -1.84. The number of halogens is 2. The summed E-state index contributed by atoms with van der Waals surface area (Å²) >= 11 is 6.74. The van der Waals surface area contributed by atoms with Crippen molar-refractivity contribution in [1.29, 1.82) is 0 Å². The lowest BCUT2D eigenvalue weighted by Crippen LogP contribution is -1.88. The summed E-state index contributed by atoms with van der Waals surface area (Å²) in [6.07, 6.45) is 3.73. The number of nitrogens with zero attached hydrogens (tertiary/aromatic N) is 2. The molecule has 0 unspecified atom stereocenters. The maximum Gasteiger partial charge on any atom is 0.240 e. The standard InChI is InChI=1S/C15H8Br2N2O2/c16-12-6-10(1-3-14(12)18-8-20)5-11-2-4-15(19-9-21)13(17)7-11/h1-4,6-7H,5H2. The van der Waals surface area contributed by atoms with E-state index in [9.17, 15) is 9.59 Å². The fraction of sp³-hybridized carbons (Fsp3) is 0.0667. The van der Waals surface area contributed by atoms with Crippen LogP contribution < -0.4 is 0 Å². The summed E-state index contributed by atoms with van der Waals surface area (Å²) in [7, 11) is 0. The van der Waals surface area contributed by atoms with Crippen LogP contribution in [0.2, 0.25) is 0 Å². The molecular formula is C15H8Br2N2O2. The van der Waals surface area contributed by atoms with E-state index in [1.165, 1.54) is 12.2 Å². The van der Waals surface area contributed by atoms with E-state index in [4.69, 9.17) is 0 Å². The summed E-state index contributed by atoms with van der Waals surface area (Å²) in [5.74, 6) is 0. The van der Waals surface area contributed by atoms with Gasteiger partial charge in [0.1, 0.15) is 0 Å². The molecule has 2 aromatic carbocycles. The number of hydrogen-bond acceptors (Lipinski definition) is 4. The highest BCUT2D eigenvalue weighted by Gasteiger charge is 2.04. The average molecular weight is 408 g/mol. The van der Waals surface area contributed by atoms with E-state index < -0.39 is 0 Å². The first-order valence-corrected chi connectivity index (χ1v) is 7.45. The molecule has 104 valence electrons. The van der Waals surface area contributed by atoms with Gasteiger partial charge in [-0.05, 0) is 73.7 Å². The molecule has 0 spiro atoms. The first-order chi connectivity index (χ1) is 10.1. The van der Waals surface area contributed by atoms with Crippen LogP contribution in [0.25, 0.3) is 0 Å². The second kappa shape index (κ2) is 7.25. The van der Waals surface area contributed by atoms with Crippen molar-refractivity contribution in [3.05, 3.63) is 56.5 Å². The van der Waals surface area contributed by atoms with Crippen LogP contribution in [-0.2, 0) is 16.0 Å². The minimum Gasteiger partial charge on any atom is -0.211 e. The Labute approximate surface area is 137 Å². The van der Waals surface area contributed by atoms with Gasteiger partial charge in [0, 0.05) is 8.95 Å². The van der Waals surface area contributed by atoms with Crippen molar-refractivity contribution < 1.29 is 9.59 Å². The maximum absolute atomic E-state index is 10.3. The molecule has 0 radical (unpaired) electrons. The number of hydrogen-bond donors (Lipinski definition) is 0. The zero-order valence-electron chi connectivity index (χ0n) is 10.6. The van der Waals surface area contributed by atoms with Crippen LogP contribution in [0, 0.1) is 0 Å². The largest absolute Gasteiger partial charge is 0.240 e. The highest BCUT2D eigenvalue weighted by Crippen LogP contribution is 2.29. The Morgan fingerprint density at radius 2 is 1.24 bits per heavy atom. The number of rotatable bonds is 4. The van der Waals surface area contributed by atoms with E-state index in [1.54, 1.807) is 12.1 Å². The van der Waals surface area contributed by atoms with Gasteiger partial charge in [-0.15, -0.1) is 0 Å². The molecule has 0 saturated heterocycles. The molecule has 21 heavy (non-hydrogen) atoms. The normalized spacial score (nSPS) is 9.62. The van der Waals surface area contributed by atoms with E-state index in [1.807, 2.05) is 24.3 Å². The fourth-order valence-corrected chi connectivity index (χ4v) is 2.87. The van der Waals surface area contributed by atoms with E-state index in [2.05, 4.69) is 41.8 Å². The van der Waals surface area contributed by atoms with Gasteiger partial charge in [-0.1, -0.05) is 12.1 Å². The third-order valence-electron chi connectivity index (χ3n) is 2.76. The molecule has 4 nitrogen and oxygen atoms in total. The third-order valence-corrected chi connectivity index (χ3v) is 4.03. The van der Waals surface area contributed by atoms with Crippen molar-refractivity contribution in [1.82, 2.24) is 0 Å². The predicted octanol–water partition coefficient (Wildman–Crippen LogP) is 4.74. The summed E-state index contributed by atoms with van der Waals surface area (Å²) in [5, 5.41) is 0. The zero-order chi connectivity index (χ0) is 15.2. The van der Waals surface area contributed by atoms with Crippen molar-refractivity contribution in [2.45, 2.75) is 6.42 Å². The van der Waals surface area contributed by atoms with Crippen LogP contribution >= 0.6 is 31.9 Å². The van der Waals surface area contributed by atoms with Gasteiger partial charge in [-0.2, -0.15) is 9.98 Å². The molecule has 0 aliphatic heterocycles. The molecule has 0 saturated carbocycles. The van der Waals surface area contributed by atoms with E-state index in [0.717, 1.165) is 20.1 Å². The number of benzene rings is 2. The maximum atomic E-state index is 10.3. The van der Waals surface area contributed by atoms with Gasteiger partial charge in [0.05, 0.1) is 11.4 Å². The molecule has 0 heterocycles. The number of isocyanates is 2. The summed E-state index contributed by atoms with van der Waals surface area (Å²) < 4.78 is 1.48. The van der Waals surface area contributed by atoms with Gasteiger partial charge >= 0.3 is 0 Å². The van der Waals surface area contributed by atoms with Gasteiger partial charge in [0.2, 0.25) is 12.2 Å². The van der Waals surface area contributed by atoms with Gasteiger partial charge < -0.3 is 0 Å². The Bertz CT molecular complexity index is 712. The van der Waals surface area contributed by atoms with Crippen LogP contribution in [0.1, 0.15) is 11.1 Å². The molecule has 0 aromatic heterocycles. The minimum absolute atomic E-state index is 0.547. The van der Waals surface area contributed by atoms with Crippen molar-refractivity contribution in [3.63, 3.8) is 0 Å². The van der Waals surface area contributed by atoms with Gasteiger partial charge in [-0.3, -0.25) is 0 Å². The lowest BCUT2D eigenvalue weighted by molar-refractivity contribution is 0.564. The first kappa shape index (κ1) is 15.5. The van der Waals surface area contributed by atoms with Crippen molar-refractivity contribution in [2.24, 2.45) is 9.98 Å². The molecule has 2 rings (SSSR count). The molecule has 2 aromatic rings. The van der Waals surface area contributed by atoms with E-state index >= 15 is 0 Å². The molecule has 0 bridgehead atoms. The van der Waals surface area contributed by atoms with Gasteiger partial charge in [0.25, 0.3) is 0 Å². The molecule has 0 N–H and O–H groups in total. The Balaban J connectivity index is 2.26. The van der Waals surface area contributed by atoms with Gasteiger partial charge in [-0.25, -0.2) is 9.59 Å². The highest BCUT2D eigenvalue weighted by molar-refractivity contribution is 9.11. The number of aliphatic imine (C=N–C) groups is 2. The Kier molecular flexibility index (Phi) is 5.37. The second-order valence-electron chi connectivity index (χ2n) is 4.15. The highest BCUT2D eigenvalue weighted by atomic mass is 79.9. The topological polar surface area (TPSA) is 58.9 Å². The van der Waals surface area contributed by atoms with Crippen LogP contribution in [0.5, 0.6) is 0 Å². The smallest absolute Gasteiger partial charge is 0.211 e. The predicted molar refractivity (Wildman–Crippen MR) is 86.7 cm³/mol. The second-order valence-corrected chi connectivity index (χ2v) is 5.86. The lowest BCUT2D eigenvalue weighted by atomic mass is 10.0. The summed E-state index contributed by atoms with van der Waals surface area (Å²) in [6.45, 7) is 0. The van der Waals surface area contributed by atoms with Crippen LogP contribution in [-0.4, -0.2) is 12.2 Å². The summed E-state index contributed by atoms with van der Waals surface area (Å²) in [5.41, 5.74) is 3.21. The van der Waals surface area contributed by atoms with E-state index in [0.29, 0.717) is 17.8 Å². The molecule has 6 heteroatoms. The quantitative estimate of drug-likeness (QED) is 0.543. The summed E-state index contributed by atoms with van der Waals surface area (Å²) in [6, 6.07) is 11.1. The molecule has 0 amide bonds.